The quantitative estimate of drug-likeness (QED) is 0.625. The van der Waals surface area contributed by atoms with Crippen LogP contribution in [-0.4, -0.2) is 46.7 Å². The standard InChI is InChI=1S/C20H24N2O3/c1-20(16-11-13-8-9-15(16)10-13)18(24)22(19(25)21(20)2)12-17(23)14-6-4-3-5-7-14/h3-7,13,15-16H,8-12H2,1-2H3/t13-,15+,16?,20-/m1/s1. The summed E-state index contributed by atoms with van der Waals surface area (Å²) in [6.45, 7) is 1.72. The highest BCUT2D eigenvalue weighted by atomic mass is 16.2. The van der Waals surface area contributed by atoms with Gasteiger partial charge < -0.3 is 4.90 Å². The molecule has 1 aromatic carbocycles. The molecule has 1 heterocycles. The van der Waals surface area contributed by atoms with Crippen LogP contribution in [0.1, 0.15) is 43.0 Å². The zero-order valence-corrected chi connectivity index (χ0v) is 14.8. The first-order valence-corrected chi connectivity index (χ1v) is 9.11. The minimum atomic E-state index is -0.812. The summed E-state index contributed by atoms with van der Waals surface area (Å²) in [5.74, 6) is 1.03. The van der Waals surface area contributed by atoms with Crippen molar-refractivity contribution >= 4 is 17.7 Å². The van der Waals surface area contributed by atoms with Gasteiger partial charge in [-0.1, -0.05) is 36.8 Å². The molecule has 1 aliphatic heterocycles. The van der Waals surface area contributed by atoms with Gasteiger partial charge in [0.15, 0.2) is 5.78 Å². The second-order valence-electron chi connectivity index (χ2n) is 7.95. The number of likely N-dealkylation sites (N-methyl/N-ethyl adjacent to an activating group) is 1. The first kappa shape index (κ1) is 16.3. The van der Waals surface area contributed by atoms with Crippen LogP contribution in [0.25, 0.3) is 0 Å². The Morgan fingerprint density at radius 3 is 2.48 bits per heavy atom. The van der Waals surface area contributed by atoms with E-state index in [0.717, 1.165) is 17.7 Å². The highest BCUT2D eigenvalue weighted by Gasteiger charge is 2.61. The second-order valence-corrected chi connectivity index (χ2v) is 7.95. The van der Waals surface area contributed by atoms with Gasteiger partial charge in [0.05, 0.1) is 6.54 Å². The molecule has 1 aromatic rings. The van der Waals surface area contributed by atoms with Crippen LogP contribution in [-0.2, 0) is 4.79 Å². The van der Waals surface area contributed by atoms with E-state index >= 15 is 0 Å². The number of amides is 3. The molecule has 4 rings (SSSR count). The molecule has 4 atom stereocenters. The van der Waals surface area contributed by atoms with Crippen molar-refractivity contribution in [1.29, 1.82) is 0 Å². The number of urea groups is 1. The number of carbonyl (C=O) groups is 3. The summed E-state index contributed by atoms with van der Waals surface area (Å²) in [7, 11) is 1.71. The third kappa shape index (κ3) is 2.32. The first-order valence-electron chi connectivity index (χ1n) is 9.11. The van der Waals surface area contributed by atoms with E-state index in [1.54, 1.807) is 36.2 Å². The average molecular weight is 340 g/mol. The molecule has 0 spiro atoms. The molecule has 2 bridgehead atoms. The maximum atomic E-state index is 13.2. The number of fused-ring (bicyclic) bond motifs is 2. The molecule has 132 valence electrons. The van der Waals surface area contributed by atoms with E-state index < -0.39 is 5.54 Å². The zero-order chi connectivity index (χ0) is 17.8. The van der Waals surface area contributed by atoms with E-state index in [-0.39, 0.29) is 30.2 Å². The summed E-state index contributed by atoms with van der Waals surface area (Å²) in [5.41, 5.74) is -0.285. The van der Waals surface area contributed by atoms with Crippen molar-refractivity contribution in [3.05, 3.63) is 35.9 Å². The number of hydrogen-bond acceptors (Lipinski definition) is 3. The highest BCUT2D eigenvalue weighted by Crippen LogP contribution is 2.54. The minimum absolute atomic E-state index is 0.178. The number of hydrogen-bond donors (Lipinski definition) is 0. The van der Waals surface area contributed by atoms with Crippen molar-refractivity contribution < 1.29 is 14.4 Å². The second kappa shape index (κ2) is 5.68. The van der Waals surface area contributed by atoms with Crippen molar-refractivity contribution in [2.75, 3.05) is 13.6 Å². The molecule has 0 aromatic heterocycles. The lowest BCUT2D eigenvalue weighted by Gasteiger charge is -2.39. The molecule has 3 amide bonds. The molecule has 1 unspecified atom stereocenters. The lowest BCUT2D eigenvalue weighted by molar-refractivity contribution is -0.135. The largest absolute Gasteiger partial charge is 0.327 e. The van der Waals surface area contributed by atoms with Crippen LogP contribution >= 0.6 is 0 Å². The molecule has 25 heavy (non-hydrogen) atoms. The Hall–Kier alpha value is -2.17. The smallest absolute Gasteiger partial charge is 0.313 e. The third-order valence-corrected chi connectivity index (χ3v) is 6.75. The minimum Gasteiger partial charge on any atom is -0.313 e. The Labute approximate surface area is 148 Å². The molecule has 5 heteroatoms. The van der Waals surface area contributed by atoms with Crippen molar-refractivity contribution in [3.63, 3.8) is 0 Å². The molecular formula is C20H24N2O3. The number of Topliss-reactive ketones (excluding diaryl/α,β-unsaturated/α-hetero) is 1. The normalized spacial score (nSPS) is 34.2. The van der Waals surface area contributed by atoms with Crippen LogP contribution in [0.4, 0.5) is 4.79 Å². The van der Waals surface area contributed by atoms with Gasteiger partial charge in [-0.2, -0.15) is 0 Å². The predicted molar refractivity (Wildman–Crippen MR) is 93.0 cm³/mol. The van der Waals surface area contributed by atoms with Gasteiger partial charge in [-0.25, -0.2) is 4.79 Å². The summed E-state index contributed by atoms with van der Waals surface area (Å²) in [6.07, 6.45) is 4.60. The van der Waals surface area contributed by atoms with E-state index in [1.807, 2.05) is 13.0 Å². The average Bonchev–Trinajstić information content (AvgIpc) is 3.31. The number of rotatable bonds is 4. The van der Waals surface area contributed by atoms with Crippen molar-refractivity contribution in [2.45, 2.75) is 38.1 Å². The Balaban J connectivity index is 1.58. The summed E-state index contributed by atoms with van der Waals surface area (Å²) >= 11 is 0. The van der Waals surface area contributed by atoms with Gasteiger partial charge in [-0.05, 0) is 43.9 Å². The fourth-order valence-electron chi connectivity index (χ4n) is 5.22. The molecule has 2 saturated carbocycles. The number of imide groups is 1. The van der Waals surface area contributed by atoms with E-state index in [2.05, 4.69) is 0 Å². The van der Waals surface area contributed by atoms with Gasteiger partial charge in [0, 0.05) is 12.6 Å². The third-order valence-electron chi connectivity index (χ3n) is 6.75. The molecular weight excluding hydrogens is 316 g/mol. The number of ketones is 1. The number of benzene rings is 1. The highest BCUT2D eigenvalue weighted by molar-refractivity contribution is 6.11. The Morgan fingerprint density at radius 2 is 1.88 bits per heavy atom. The number of carbonyl (C=O) groups excluding carboxylic acids is 3. The van der Waals surface area contributed by atoms with Crippen LogP contribution in [0.5, 0.6) is 0 Å². The molecule has 0 radical (unpaired) electrons. The van der Waals surface area contributed by atoms with E-state index in [1.165, 1.54) is 12.8 Å². The molecule has 1 saturated heterocycles. The van der Waals surface area contributed by atoms with Crippen molar-refractivity contribution in [1.82, 2.24) is 9.80 Å². The molecule has 3 aliphatic rings. The number of nitrogens with zero attached hydrogens (tertiary/aromatic N) is 2. The van der Waals surface area contributed by atoms with Gasteiger partial charge >= 0.3 is 6.03 Å². The van der Waals surface area contributed by atoms with E-state index in [9.17, 15) is 14.4 Å². The Morgan fingerprint density at radius 1 is 1.16 bits per heavy atom. The van der Waals surface area contributed by atoms with Gasteiger partial charge in [-0.15, -0.1) is 0 Å². The molecule has 3 fully saturated rings. The predicted octanol–water partition coefficient (Wildman–Crippen LogP) is 2.96. The van der Waals surface area contributed by atoms with Gasteiger partial charge in [0.25, 0.3) is 5.91 Å². The lowest BCUT2D eigenvalue weighted by atomic mass is 9.74. The topological polar surface area (TPSA) is 57.7 Å². The lowest BCUT2D eigenvalue weighted by Crippen LogP contribution is -2.53. The first-order chi connectivity index (χ1) is 11.9. The van der Waals surface area contributed by atoms with Gasteiger partial charge in [0.2, 0.25) is 0 Å². The van der Waals surface area contributed by atoms with Crippen LogP contribution in [0, 0.1) is 17.8 Å². The SMILES string of the molecule is CN1C(=O)N(CC(=O)c2ccccc2)C(=O)[C@@]1(C)C1C[C@@H]2CC[C@H]1C2. The van der Waals surface area contributed by atoms with Crippen molar-refractivity contribution in [2.24, 2.45) is 17.8 Å². The summed E-state index contributed by atoms with van der Waals surface area (Å²) in [4.78, 5) is 41.2. The van der Waals surface area contributed by atoms with E-state index in [0.29, 0.717) is 17.4 Å². The Bertz CT molecular complexity index is 732. The molecule has 0 N–H and O–H groups in total. The molecule has 2 aliphatic carbocycles. The van der Waals surface area contributed by atoms with E-state index in [4.69, 9.17) is 0 Å². The monoisotopic (exact) mass is 340 g/mol. The Kier molecular flexibility index (Phi) is 3.71. The maximum Gasteiger partial charge on any atom is 0.327 e. The summed E-state index contributed by atoms with van der Waals surface area (Å²) < 4.78 is 0. The fourth-order valence-corrected chi connectivity index (χ4v) is 5.22. The molecule has 5 nitrogen and oxygen atoms in total. The van der Waals surface area contributed by atoms with Gasteiger partial charge in [-0.3, -0.25) is 14.5 Å². The summed E-state index contributed by atoms with van der Waals surface area (Å²) in [6, 6.07) is 8.49. The van der Waals surface area contributed by atoms with Crippen molar-refractivity contribution in [3.8, 4) is 0 Å². The van der Waals surface area contributed by atoms with Crippen LogP contribution in [0.15, 0.2) is 30.3 Å². The van der Waals surface area contributed by atoms with Crippen LogP contribution < -0.4 is 0 Å². The maximum absolute atomic E-state index is 13.2. The fraction of sp³-hybridized carbons (Fsp3) is 0.550. The summed E-state index contributed by atoms with van der Waals surface area (Å²) in [5, 5.41) is 0. The van der Waals surface area contributed by atoms with Crippen LogP contribution in [0.2, 0.25) is 0 Å². The zero-order valence-electron chi connectivity index (χ0n) is 14.8. The van der Waals surface area contributed by atoms with Crippen LogP contribution in [0.3, 0.4) is 0 Å². The van der Waals surface area contributed by atoms with Gasteiger partial charge in [0.1, 0.15) is 5.54 Å².